The molecular weight excluding hydrogens is 244 g/mol. The number of nitrogens with zero attached hydrogens (tertiary/aromatic N) is 1. The maximum absolute atomic E-state index is 6.24. The number of anilines is 1. The Bertz CT molecular complexity index is 672. The van der Waals surface area contributed by atoms with Crippen molar-refractivity contribution in [2.75, 3.05) is 5.73 Å². The Morgan fingerprint density at radius 3 is 2.89 bits per heavy atom. The summed E-state index contributed by atoms with van der Waals surface area (Å²) in [5.74, 6) is 0. The predicted molar refractivity (Wildman–Crippen MR) is 77.7 cm³/mol. The Labute approximate surface area is 111 Å². The van der Waals surface area contributed by atoms with E-state index < -0.39 is 0 Å². The first-order valence-corrected chi connectivity index (χ1v) is 6.41. The highest BCUT2D eigenvalue weighted by Crippen LogP contribution is 2.36. The predicted octanol–water partition coefficient (Wildman–Crippen LogP) is 4.07. The third-order valence-electron chi connectivity index (χ3n) is 3.43. The summed E-state index contributed by atoms with van der Waals surface area (Å²) in [4.78, 5) is 4.72. The fraction of sp³-hybridized carbons (Fsp3) is 0.267. The van der Waals surface area contributed by atoms with Crippen molar-refractivity contribution >= 4 is 34.3 Å². The number of halogens is 1. The summed E-state index contributed by atoms with van der Waals surface area (Å²) in [7, 11) is 0. The van der Waals surface area contributed by atoms with E-state index in [1.807, 2.05) is 18.2 Å². The Hall–Kier alpha value is -1.54. The summed E-state index contributed by atoms with van der Waals surface area (Å²) in [5.41, 5.74) is 10.2. The van der Waals surface area contributed by atoms with E-state index in [4.69, 9.17) is 22.3 Å². The molecule has 1 aromatic carbocycles. The number of rotatable bonds is 0. The molecule has 2 nitrogen and oxygen atoms in total. The van der Waals surface area contributed by atoms with Gasteiger partial charge in [0.2, 0.25) is 0 Å². The van der Waals surface area contributed by atoms with Gasteiger partial charge in [-0.05, 0) is 30.0 Å². The summed E-state index contributed by atoms with van der Waals surface area (Å²) in [5, 5.41) is 1.67. The second-order valence-corrected chi connectivity index (χ2v) is 5.98. The first-order chi connectivity index (χ1) is 8.46. The topological polar surface area (TPSA) is 38.9 Å². The third kappa shape index (κ3) is 1.77. The van der Waals surface area contributed by atoms with E-state index in [1.54, 1.807) is 0 Å². The van der Waals surface area contributed by atoms with Crippen LogP contribution >= 0.6 is 11.6 Å². The summed E-state index contributed by atoms with van der Waals surface area (Å²) >= 11 is 6.02. The van der Waals surface area contributed by atoms with Crippen molar-refractivity contribution in [1.29, 1.82) is 0 Å². The fourth-order valence-electron chi connectivity index (χ4n) is 2.45. The van der Waals surface area contributed by atoms with Gasteiger partial charge in [-0.15, -0.1) is 0 Å². The average molecular weight is 259 g/mol. The average Bonchev–Trinajstić information content (AvgIpc) is 2.27. The molecule has 2 N–H and O–H groups in total. The van der Waals surface area contributed by atoms with Crippen LogP contribution in [-0.4, -0.2) is 4.98 Å². The number of hydrogen-bond donors (Lipinski definition) is 1. The number of aromatic nitrogens is 1. The molecule has 3 rings (SSSR count). The Morgan fingerprint density at radius 2 is 2.11 bits per heavy atom. The van der Waals surface area contributed by atoms with Crippen LogP contribution in [-0.2, 0) is 6.42 Å². The molecule has 0 radical (unpaired) electrons. The normalized spacial score (nSPS) is 16.8. The SMILES string of the molecule is CC1(C)C=Cc2c(nc3cc(Cl)ccc3c2N)C1. The maximum Gasteiger partial charge on any atom is 0.0741 e. The molecule has 1 aliphatic rings. The molecule has 0 amide bonds. The van der Waals surface area contributed by atoms with E-state index >= 15 is 0 Å². The Balaban J connectivity index is 2.32. The van der Waals surface area contributed by atoms with Crippen molar-refractivity contribution < 1.29 is 0 Å². The molecule has 0 atom stereocenters. The molecule has 0 aliphatic heterocycles. The lowest BCUT2D eigenvalue weighted by Gasteiger charge is -2.26. The second-order valence-electron chi connectivity index (χ2n) is 5.55. The zero-order valence-corrected chi connectivity index (χ0v) is 11.3. The Kier molecular flexibility index (Phi) is 2.39. The molecule has 0 saturated heterocycles. The van der Waals surface area contributed by atoms with Gasteiger partial charge in [0.25, 0.3) is 0 Å². The zero-order chi connectivity index (χ0) is 12.9. The van der Waals surface area contributed by atoms with E-state index in [0.29, 0.717) is 5.02 Å². The van der Waals surface area contributed by atoms with Crippen molar-refractivity contribution in [3.05, 3.63) is 40.6 Å². The molecule has 1 aromatic heterocycles. The molecule has 1 heterocycles. The van der Waals surface area contributed by atoms with E-state index in [1.165, 1.54) is 0 Å². The molecule has 0 fully saturated rings. The van der Waals surface area contributed by atoms with Crippen LogP contribution in [0.1, 0.15) is 25.1 Å². The Morgan fingerprint density at radius 1 is 1.33 bits per heavy atom. The number of benzene rings is 1. The van der Waals surface area contributed by atoms with Crippen LogP contribution < -0.4 is 5.73 Å². The van der Waals surface area contributed by atoms with Crippen LogP contribution in [0.4, 0.5) is 5.69 Å². The van der Waals surface area contributed by atoms with Gasteiger partial charge in [-0.3, -0.25) is 4.98 Å². The van der Waals surface area contributed by atoms with Crippen molar-refractivity contribution in [3.8, 4) is 0 Å². The number of fused-ring (bicyclic) bond motifs is 2. The van der Waals surface area contributed by atoms with Crippen molar-refractivity contribution in [1.82, 2.24) is 4.98 Å². The third-order valence-corrected chi connectivity index (χ3v) is 3.67. The minimum Gasteiger partial charge on any atom is -0.398 e. The number of hydrogen-bond acceptors (Lipinski definition) is 2. The molecular formula is C15H15ClN2. The highest BCUT2D eigenvalue weighted by molar-refractivity contribution is 6.31. The number of nitrogen functional groups attached to an aromatic ring is 1. The van der Waals surface area contributed by atoms with Gasteiger partial charge in [-0.1, -0.05) is 37.6 Å². The van der Waals surface area contributed by atoms with Crippen LogP contribution in [0, 0.1) is 5.41 Å². The minimum atomic E-state index is 0.138. The smallest absolute Gasteiger partial charge is 0.0741 e. The maximum atomic E-state index is 6.24. The van der Waals surface area contributed by atoms with Crippen LogP contribution in [0.2, 0.25) is 5.02 Å². The summed E-state index contributed by atoms with van der Waals surface area (Å²) in [6, 6.07) is 5.66. The minimum absolute atomic E-state index is 0.138. The lowest BCUT2D eigenvalue weighted by molar-refractivity contribution is 0.469. The van der Waals surface area contributed by atoms with Crippen molar-refractivity contribution in [3.63, 3.8) is 0 Å². The van der Waals surface area contributed by atoms with Gasteiger partial charge < -0.3 is 5.73 Å². The molecule has 0 spiro atoms. The molecule has 92 valence electrons. The van der Waals surface area contributed by atoms with Crippen LogP contribution in [0.3, 0.4) is 0 Å². The zero-order valence-electron chi connectivity index (χ0n) is 10.5. The lowest BCUT2D eigenvalue weighted by atomic mass is 9.81. The lowest BCUT2D eigenvalue weighted by Crippen LogP contribution is -2.18. The van der Waals surface area contributed by atoms with E-state index in [-0.39, 0.29) is 5.41 Å². The molecule has 0 unspecified atom stereocenters. The standard InChI is InChI=1S/C15H15ClN2/c1-15(2)6-5-11-13(8-15)18-12-7-9(16)3-4-10(12)14(11)17/h3-7H,8H2,1-2H3,(H2,17,18). The van der Waals surface area contributed by atoms with E-state index in [9.17, 15) is 0 Å². The van der Waals surface area contributed by atoms with Gasteiger partial charge >= 0.3 is 0 Å². The van der Waals surface area contributed by atoms with Gasteiger partial charge in [-0.2, -0.15) is 0 Å². The number of nitrogens with two attached hydrogens (primary N) is 1. The first kappa shape index (κ1) is 11.5. The largest absolute Gasteiger partial charge is 0.398 e. The molecule has 0 saturated carbocycles. The monoisotopic (exact) mass is 258 g/mol. The van der Waals surface area contributed by atoms with Gasteiger partial charge in [0.15, 0.2) is 0 Å². The number of pyridine rings is 1. The van der Waals surface area contributed by atoms with Gasteiger partial charge in [0, 0.05) is 16.0 Å². The molecule has 0 bridgehead atoms. The van der Waals surface area contributed by atoms with Crippen molar-refractivity contribution in [2.45, 2.75) is 20.3 Å². The number of allylic oxidation sites excluding steroid dienone is 1. The molecule has 2 aromatic rings. The van der Waals surface area contributed by atoms with Crippen LogP contribution in [0.5, 0.6) is 0 Å². The second kappa shape index (κ2) is 3.72. The molecule has 18 heavy (non-hydrogen) atoms. The van der Waals surface area contributed by atoms with Crippen LogP contribution in [0.25, 0.3) is 17.0 Å². The summed E-state index contributed by atoms with van der Waals surface area (Å²) < 4.78 is 0. The van der Waals surface area contributed by atoms with Gasteiger partial charge in [-0.25, -0.2) is 0 Å². The highest BCUT2D eigenvalue weighted by atomic mass is 35.5. The van der Waals surface area contributed by atoms with Crippen LogP contribution in [0.15, 0.2) is 24.3 Å². The molecule has 1 aliphatic carbocycles. The summed E-state index contributed by atoms with van der Waals surface area (Å²) in [6.07, 6.45) is 5.20. The van der Waals surface area contributed by atoms with Gasteiger partial charge in [0.05, 0.1) is 16.9 Å². The first-order valence-electron chi connectivity index (χ1n) is 6.03. The van der Waals surface area contributed by atoms with Crippen molar-refractivity contribution in [2.24, 2.45) is 5.41 Å². The fourth-order valence-corrected chi connectivity index (χ4v) is 2.62. The molecule has 3 heteroatoms. The van der Waals surface area contributed by atoms with Gasteiger partial charge in [0.1, 0.15) is 0 Å². The highest BCUT2D eigenvalue weighted by Gasteiger charge is 2.23. The van der Waals surface area contributed by atoms with E-state index in [0.717, 1.165) is 34.3 Å². The van der Waals surface area contributed by atoms with E-state index in [2.05, 4.69) is 26.0 Å². The summed E-state index contributed by atoms with van der Waals surface area (Å²) in [6.45, 7) is 4.40. The quantitative estimate of drug-likeness (QED) is 0.774.